The summed E-state index contributed by atoms with van der Waals surface area (Å²) in [6, 6.07) is 12.4. The Morgan fingerprint density at radius 2 is 1.85 bits per heavy atom. The van der Waals surface area contributed by atoms with E-state index in [9.17, 15) is 0 Å². The van der Waals surface area contributed by atoms with Gasteiger partial charge in [-0.05, 0) is 46.0 Å². The van der Waals surface area contributed by atoms with Crippen molar-refractivity contribution in [3.05, 3.63) is 48.0 Å². The Labute approximate surface area is 157 Å². The molecule has 0 unspecified atom stereocenters. The molecule has 0 aliphatic heterocycles. The van der Waals surface area contributed by atoms with Gasteiger partial charge in [0, 0.05) is 31.3 Å². The van der Waals surface area contributed by atoms with Gasteiger partial charge in [0.1, 0.15) is 5.82 Å². The summed E-state index contributed by atoms with van der Waals surface area (Å²) in [5, 5.41) is 3.53. The lowest BCUT2D eigenvalue weighted by atomic mass is 9.97. The average molecular weight is 351 g/mol. The van der Waals surface area contributed by atoms with Gasteiger partial charge < -0.3 is 10.2 Å². The maximum Gasteiger partial charge on any atom is 0.227 e. The van der Waals surface area contributed by atoms with Crippen molar-refractivity contribution in [2.45, 2.75) is 46.0 Å². The molecule has 0 amide bonds. The number of rotatable bonds is 8. The molecule has 0 saturated carbocycles. The third-order valence-electron chi connectivity index (χ3n) is 4.97. The highest BCUT2D eigenvalue weighted by atomic mass is 15.3. The minimum Gasteiger partial charge on any atom is -0.370 e. The highest BCUT2D eigenvalue weighted by Crippen LogP contribution is 2.24. The molecule has 1 aromatic heterocycles. The fraction of sp³-hybridized carbons (Fsp3) is 0.455. The minimum atomic E-state index is 0.802. The van der Waals surface area contributed by atoms with Crippen molar-refractivity contribution >= 4 is 11.8 Å². The number of nitrogens with zero attached hydrogens (tertiary/aromatic N) is 3. The van der Waals surface area contributed by atoms with Gasteiger partial charge >= 0.3 is 0 Å². The van der Waals surface area contributed by atoms with Gasteiger partial charge in [-0.2, -0.15) is 4.98 Å². The first-order valence-corrected chi connectivity index (χ1v) is 9.91. The number of hydrogen-bond acceptors (Lipinski definition) is 4. The Bertz CT molecular complexity index is 720. The lowest BCUT2D eigenvalue weighted by Gasteiger charge is -2.20. The number of nitrogens with one attached hydrogen (secondary N) is 1. The first-order chi connectivity index (χ1) is 12.8. The first-order valence-electron chi connectivity index (χ1n) is 9.91. The predicted molar refractivity (Wildman–Crippen MR) is 111 cm³/mol. The third-order valence-corrected chi connectivity index (χ3v) is 4.97. The van der Waals surface area contributed by atoms with E-state index in [0.717, 1.165) is 49.1 Å². The van der Waals surface area contributed by atoms with E-state index < -0.39 is 0 Å². The van der Waals surface area contributed by atoms with Crippen molar-refractivity contribution in [3.8, 4) is 11.3 Å². The van der Waals surface area contributed by atoms with Crippen LogP contribution in [-0.4, -0.2) is 29.6 Å². The second kappa shape index (κ2) is 9.37. The summed E-state index contributed by atoms with van der Waals surface area (Å²) in [6.45, 7) is 7.02. The molecule has 1 aromatic carbocycles. The molecule has 0 saturated heterocycles. The SMILES string of the molecule is CCN(CC)c1nc(NCCC2=CCCCC2)cc(-c2ccccc2)n1. The van der Waals surface area contributed by atoms with Crippen molar-refractivity contribution in [2.24, 2.45) is 0 Å². The lowest BCUT2D eigenvalue weighted by Crippen LogP contribution is -2.24. The van der Waals surface area contributed by atoms with Crippen LogP contribution in [0.15, 0.2) is 48.0 Å². The van der Waals surface area contributed by atoms with E-state index in [2.05, 4.69) is 60.5 Å². The molecule has 0 fully saturated rings. The zero-order valence-electron chi connectivity index (χ0n) is 16.0. The minimum absolute atomic E-state index is 0.802. The Morgan fingerprint density at radius 1 is 1.04 bits per heavy atom. The normalized spacial score (nSPS) is 14.0. The lowest BCUT2D eigenvalue weighted by molar-refractivity contribution is 0.679. The maximum absolute atomic E-state index is 4.81. The largest absolute Gasteiger partial charge is 0.370 e. The van der Waals surface area contributed by atoms with Gasteiger partial charge in [0.15, 0.2) is 0 Å². The van der Waals surface area contributed by atoms with E-state index in [4.69, 9.17) is 9.97 Å². The molecule has 1 aliphatic rings. The van der Waals surface area contributed by atoms with Gasteiger partial charge in [-0.3, -0.25) is 0 Å². The molecule has 1 heterocycles. The molecule has 1 N–H and O–H groups in total. The maximum atomic E-state index is 4.81. The van der Waals surface area contributed by atoms with Crippen LogP contribution in [0.2, 0.25) is 0 Å². The first kappa shape index (κ1) is 18.4. The number of hydrogen-bond donors (Lipinski definition) is 1. The van der Waals surface area contributed by atoms with Crippen LogP contribution in [0, 0.1) is 0 Å². The molecule has 138 valence electrons. The predicted octanol–water partition coefficient (Wildman–Crippen LogP) is 5.29. The number of anilines is 2. The topological polar surface area (TPSA) is 41.1 Å². The van der Waals surface area contributed by atoms with Gasteiger partial charge in [0.05, 0.1) is 5.69 Å². The number of aromatic nitrogens is 2. The Balaban J connectivity index is 1.78. The standard InChI is InChI=1S/C22H30N4/c1-3-26(4-2)22-24-20(19-13-9-6-10-14-19)17-21(25-22)23-16-15-18-11-7-5-8-12-18/h6,9-11,13-14,17H,3-5,7-8,12,15-16H2,1-2H3,(H,23,24,25). The van der Waals surface area contributed by atoms with Gasteiger partial charge in [0.2, 0.25) is 5.95 Å². The van der Waals surface area contributed by atoms with Gasteiger partial charge in [0.25, 0.3) is 0 Å². The van der Waals surface area contributed by atoms with Crippen molar-refractivity contribution in [1.29, 1.82) is 0 Å². The molecular formula is C22H30N4. The zero-order chi connectivity index (χ0) is 18.2. The molecule has 0 radical (unpaired) electrons. The fourth-order valence-electron chi connectivity index (χ4n) is 3.41. The molecule has 2 aromatic rings. The number of benzene rings is 1. The summed E-state index contributed by atoms with van der Waals surface area (Å²) < 4.78 is 0. The molecule has 4 nitrogen and oxygen atoms in total. The molecule has 0 bridgehead atoms. The van der Waals surface area contributed by atoms with Gasteiger partial charge in [-0.25, -0.2) is 4.98 Å². The third kappa shape index (κ3) is 4.84. The number of allylic oxidation sites excluding steroid dienone is 1. The Hall–Kier alpha value is -2.36. The van der Waals surface area contributed by atoms with Crippen LogP contribution in [0.5, 0.6) is 0 Å². The highest BCUT2D eigenvalue weighted by molar-refractivity contribution is 5.64. The molecule has 0 spiro atoms. The summed E-state index contributed by atoms with van der Waals surface area (Å²) in [5.74, 6) is 1.72. The van der Waals surface area contributed by atoms with Crippen molar-refractivity contribution in [1.82, 2.24) is 9.97 Å². The quantitative estimate of drug-likeness (QED) is 0.657. The van der Waals surface area contributed by atoms with Crippen LogP contribution in [0.4, 0.5) is 11.8 Å². The van der Waals surface area contributed by atoms with Crippen LogP contribution >= 0.6 is 0 Å². The van der Waals surface area contributed by atoms with Crippen molar-refractivity contribution < 1.29 is 0 Å². The summed E-state index contributed by atoms with van der Waals surface area (Å²) in [6.07, 6.45) is 8.70. The van der Waals surface area contributed by atoms with Crippen molar-refractivity contribution in [3.63, 3.8) is 0 Å². The molecule has 0 atom stereocenters. The molecule has 1 aliphatic carbocycles. The van der Waals surface area contributed by atoms with Crippen LogP contribution in [0.3, 0.4) is 0 Å². The van der Waals surface area contributed by atoms with E-state index in [0.29, 0.717) is 0 Å². The van der Waals surface area contributed by atoms with E-state index in [1.165, 1.54) is 25.7 Å². The fourth-order valence-corrected chi connectivity index (χ4v) is 3.41. The van der Waals surface area contributed by atoms with E-state index in [1.54, 1.807) is 5.57 Å². The van der Waals surface area contributed by atoms with Crippen LogP contribution in [0.25, 0.3) is 11.3 Å². The van der Waals surface area contributed by atoms with E-state index >= 15 is 0 Å². The van der Waals surface area contributed by atoms with Crippen LogP contribution < -0.4 is 10.2 Å². The average Bonchev–Trinajstić information content (AvgIpc) is 2.70. The Kier molecular flexibility index (Phi) is 6.64. The zero-order valence-corrected chi connectivity index (χ0v) is 16.0. The molecule has 26 heavy (non-hydrogen) atoms. The second-order valence-electron chi connectivity index (χ2n) is 6.76. The van der Waals surface area contributed by atoms with Crippen LogP contribution in [0.1, 0.15) is 46.0 Å². The van der Waals surface area contributed by atoms with Crippen molar-refractivity contribution in [2.75, 3.05) is 29.9 Å². The summed E-state index contributed by atoms with van der Waals surface area (Å²) in [4.78, 5) is 11.8. The van der Waals surface area contributed by atoms with Crippen LogP contribution in [-0.2, 0) is 0 Å². The summed E-state index contributed by atoms with van der Waals surface area (Å²) >= 11 is 0. The van der Waals surface area contributed by atoms with Gasteiger partial charge in [-0.1, -0.05) is 42.0 Å². The summed E-state index contributed by atoms with van der Waals surface area (Å²) in [5.41, 5.74) is 3.69. The molecule has 3 rings (SSSR count). The van der Waals surface area contributed by atoms with E-state index in [1.807, 2.05) is 6.07 Å². The summed E-state index contributed by atoms with van der Waals surface area (Å²) in [7, 11) is 0. The smallest absolute Gasteiger partial charge is 0.227 e. The molecular weight excluding hydrogens is 320 g/mol. The van der Waals surface area contributed by atoms with E-state index in [-0.39, 0.29) is 0 Å². The highest BCUT2D eigenvalue weighted by Gasteiger charge is 2.11. The monoisotopic (exact) mass is 350 g/mol. The second-order valence-corrected chi connectivity index (χ2v) is 6.76. The Morgan fingerprint density at radius 3 is 2.54 bits per heavy atom. The molecule has 4 heteroatoms. The van der Waals surface area contributed by atoms with Gasteiger partial charge in [-0.15, -0.1) is 0 Å².